The molecule has 4 aromatic rings. The molecule has 0 radical (unpaired) electrons. The third-order valence-electron chi connectivity index (χ3n) is 10.9. The van der Waals surface area contributed by atoms with Gasteiger partial charge >= 0.3 is 17.9 Å². The number of hydrogen-bond donors (Lipinski definition) is 0. The molecule has 10 nitrogen and oxygen atoms in total. The first-order valence-electron chi connectivity index (χ1n) is 23.6. The fourth-order valence-electron chi connectivity index (χ4n) is 7.10. The third kappa shape index (κ3) is 18.6. The van der Waals surface area contributed by atoms with Gasteiger partial charge in [-0.05, 0) is 137 Å². The van der Waals surface area contributed by atoms with E-state index in [1.807, 2.05) is 13.8 Å². The zero-order valence-electron chi connectivity index (χ0n) is 38.8. The van der Waals surface area contributed by atoms with Gasteiger partial charge in [0.15, 0.2) is 5.78 Å². The van der Waals surface area contributed by atoms with Gasteiger partial charge in [-0.15, -0.1) is 0 Å². The second-order valence-corrected chi connectivity index (χ2v) is 16.5. The molecule has 0 bridgehead atoms. The fraction of sp³-hybridized carbons (Fsp3) is 0.481. The summed E-state index contributed by atoms with van der Waals surface area (Å²) in [6.45, 7) is 10.5. The summed E-state index contributed by atoms with van der Waals surface area (Å²) in [6.07, 6.45) is 18.5. The van der Waals surface area contributed by atoms with Crippen molar-refractivity contribution in [1.82, 2.24) is 0 Å². The Labute approximate surface area is 381 Å². The van der Waals surface area contributed by atoms with Crippen molar-refractivity contribution in [2.24, 2.45) is 0 Å². The van der Waals surface area contributed by atoms with Gasteiger partial charge in [-0.25, -0.2) is 14.4 Å². The average Bonchev–Trinajstić information content (AvgIpc) is 3.30. The summed E-state index contributed by atoms with van der Waals surface area (Å²) >= 11 is 0. The molecule has 4 rings (SSSR count). The number of unbranched alkanes of at least 4 members (excludes halogenated alkanes) is 11. The van der Waals surface area contributed by atoms with Crippen LogP contribution < -0.4 is 23.7 Å². The van der Waals surface area contributed by atoms with Gasteiger partial charge in [-0.3, -0.25) is 4.79 Å². The number of hydrogen-bond acceptors (Lipinski definition) is 10. The molecule has 0 N–H and O–H groups in total. The van der Waals surface area contributed by atoms with Crippen molar-refractivity contribution >= 4 is 23.7 Å². The first-order valence-corrected chi connectivity index (χ1v) is 23.6. The monoisotopic (exact) mass is 878 g/mol. The van der Waals surface area contributed by atoms with Gasteiger partial charge in [0.1, 0.15) is 47.5 Å². The zero-order chi connectivity index (χ0) is 45.9. The standard InChI is InChI=1S/C54H70O10/c1-6-9-12-15-16-19-22-50(55)42-23-29-45(30-24-42)59-37-38-60-54(58)49-39-48(63-52(56)43-25-31-46(32-26-43)61-40(4)20-17-13-10-7-2)35-36-51(49)64-53(57)44-27-33-47(34-28-44)62-41(5)21-18-14-11-8-3/h23-36,39-41H,6-22,37-38H2,1-5H3. The highest BCUT2D eigenvalue weighted by Gasteiger charge is 2.21. The summed E-state index contributed by atoms with van der Waals surface area (Å²) in [5.74, 6) is -0.289. The minimum absolute atomic E-state index is 0.0176. The molecule has 0 heterocycles. The first-order chi connectivity index (χ1) is 31.1. The van der Waals surface area contributed by atoms with Crippen LogP contribution >= 0.6 is 0 Å². The van der Waals surface area contributed by atoms with Gasteiger partial charge < -0.3 is 28.4 Å². The molecule has 0 aliphatic carbocycles. The average molecular weight is 879 g/mol. The highest BCUT2D eigenvalue weighted by Crippen LogP contribution is 2.28. The molecule has 10 heteroatoms. The topological polar surface area (TPSA) is 124 Å². The van der Waals surface area contributed by atoms with Gasteiger partial charge in [0.2, 0.25) is 0 Å². The maximum Gasteiger partial charge on any atom is 0.343 e. The largest absolute Gasteiger partial charge is 0.491 e. The molecular formula is C54H70O10. The van der Waals surface area contributed by atoms with Crippen LogP contribution in [0.3, 0.4) is 0 Å². The molecule has 0 aliphatic heterocycles. The molecular weight excluding hydrogens is 809 g/mol. The summed E-state index contributed by atoms with van der Waals surface area (Å²) in [4.78, 5) is 52.9. The van der Waals surface area contributed by atoms with Crippen LogP contribution in [0.2, 0.25) is 0 Å². The zero-order valence-corrected chi connectivity index (χ0v) is 38.8. The van der Waals surface area contributed by atoms with E-state index in [0.29, 0.717) is 29.2 Å². The smallest absolute Gasteiger partial charge is 0.343 e. The minimum atomic E-state index is -0.818. The lowest BCUT2D eigenvalue weighted by atomic mass is 10.0. The third-order valence-corrected chi connectivity index (χ3v) is 10.9. The molecule has 2 atom stereocenters. The van der Waals surface area contributed by atoms with Gasteiger partial charge in [0.05, 0.1) is 23.3 Å². The molecule has 0 saturated carbocycles. The van der Waals surface area contributed by atoms with Crippen molar-refractivity contribution < 1.29 is 47.6 Å². The predicted octanol–water partition coefficient (Wildman–Crippen LogP) is 13.8. The van der Waals surface area contributed by atoms with Crippen molar-refractivity contribution in [3.05, 3.63) is 113 Å². The SMILES string of the molecule is CCCCCCCCC(=O)c1ccc(OCCOC(=O)c2cc(OC(=O)c3ccc(OC(C)CCCCCC)cc3)ccc2OC(=O)c2ccc(OC(C)CCCCCC)cc2)cc1. The Morgan fingerprint density at radius 2 is 0.906 bits per heavy atom. The molecule has 0 aromatic heterocycles. The van der Waals surface area contributed by atoms with Gasteiger partial charge in [-0.2, -0.15) is 0 Å². The normalized spacial score (nSPS) is 11.9. The van der Waals surface area contributed by atoms with Crippen molar-refractivity contribution in [2.45, 2.75) is 156 Å². The molecule has 2 unspecified atom stereocenters. The summed E-state index contributed by atoms with van der Waals surface area (Å²) in [5, 5.41) is 0. The number of esters is 3. The molecule has 0 amide bonds. The maximum absolute atomic E-state index is 13.6. The summed E-state index contributed by atoms with van der Waals surface area (Å²) in [7, 11) is 0. The van der Waals surface area contributed by atoms with Crippen LogP contribution in [0.15, 0.2) is 91.0 Å². The molecule has 64 heavy (non-hydrogen) atoms. The number of ether oxygens (including phenoxy) is 6. The Morgan fingerprint density at radius 3 is 1.45 bits per heavy atom. The van der Waals surface area contributed by atoms with E-state index in [9.17, 15) is 19.2 Å². The molecule has 0 spiro atoms. The predicted molar refractivity (Wildman–Crippen MR) is 251 cm³/mol. The van der Waals surface area contributed by atoms with Crippen LogP contribution in [0.25, 0.3) is 0 Å². The van der Waals surface area contributed by atoms with Crippen molar-refractivity contribution in [1.29, 1.82) is 0 Å². The summed E-state index contributed by atoms with van der Waals surface area (Å²) < 4.78 is 34.8. The van der Waals surface area contributed by atoms with Gasteiger partial charge in [0.25, 0.3) is 0 Å². The molecule has 346 valence electrons. The van der Waals surface area contributed by atoms with Crippen LogP contribution in [0.4, 0.5) is 0 Å². The van der Waals surface area contributed by atoms with E-state index in [2.05, 4.69) is 20.8 Å². The van der Waals surface area contributed by atoms with Crippen LogP contribution in [-0.2, 0) is 4.74 Å². The Morgan fingerprint density at radius 1 is 0.453 bits per heavy atom. The lowest BCUT2D eigenvalue weighted by Gasteiger charge is -2.15. The van der Waals surface area contributed by atoms with E-state index in [1.165, 1.54) is 76.0 Å². The first kappa shape index (κ1) is 51.0. The minimum Gasteiger partial charge on any atom is -0.491 e. The fourth-order valence-corrected chi connectivity index (χ4v) is 7.10. The van der Waals surface area contributed by atoms with E-state index in [-0.39, 0.29) is 59.4 Å². The number of carbonyl (C=O) groups is 4. The molecule has 0 fully saturated rings. The Balaban J connectivity index is 1.39. The molecule has 0 aliphatic rings. The molecule has 4 aromatic carbocycles. The Kier molecular flexibility index (Phi) is 23.1. The van der Waals surface area contributed by atoms with Gasteiger partial charge in [0, 0.05) is 12.0 Å². The van der Waals surface area contributed by atoms with E-state index in [4.69, 9.17) is 28.4 Å². The number of benzene rings is 4. The van der Waals surface area contributed by atoms with Crippen LogP contribution in [0.5, 0.6) is 28.7 Å². The second-order valence-electron chi connectivity index (χ2n) is 16.5. The van der Waals surface area contributed by atoms with Crippen LogP contribution in [0, 0.1) is 0 Å². The number of carbonyl (C=O) groups excluding carboxylic acids is 4. The Hall–Kier alpha value is -5.64. The van der Waals surface area contributed by atoms with Crippen LogP contribution in [-0.4, -0.2) is 49.1 Å². The lowest BCUT2D eigenvalue weighted by molar-refractivity contribution is 0.0443. The Bertz CT molecular complexity index is 1990. The maximum atomic E-state index is 13.6. The van der Waals surface area contributed by atoms with Gasteiger partial charge in [-0.1, -0.05) is 91.4 Å². The van der Waals surface area contributed by atoms with Crippen molar-refractivity contribution in [3.63, 3.8) is 0 Å². The molecule has 0 saturated heterocycles. The van der Waals surface area contributed by atoms with E-state index in [1.54, 1.807) is 72.8 Å². The lowest BCUT2D eigenvalue weighted by Crippen LogP contribution is -2.16. The summed E-state index contributed by atoms with van der Waals surface area (Å²) in [5.41, 5.74) is 1.04. The van der Waals surface area contributed by atoms with Crippen molar-refractivity contribution in [3.8, 4) is 28.7 Å². The number of rotatable bonds is 31. The van der Waals surface area contributed by atoms with Crippen molar-refractivity contribution in [2.75, 3.05) is 13.2 Å². The number of ketones is 1. The van der Waals surface area contributed by atoms with E-state index in [0.717, 1.165) is 44.9 Å². The van der Waals surface area contributed by atoms with E-state index >= 15 is 0 Å². The van der Waals surface area contributed by atoms with E-state index < -0.39 is 17.9 Å². The second kappa shape index (κ2) is 28.9. The highest BCUT2D eigenvalue weighted by atomic mass is 16.6. The number of Topliss-reactive ketones (excluding diaryl/α,β-unsaturated/α-hetero) is 1. The summed E-state index contributed by atoms with van der Waals surface area (Å²) in [6, 6.07) is 24.4. The quantitative estimate of drug-likeness (QED) is 0.0209. The highest BCUT2D eigenvalue weighted by molar-refractivity contribution is 5.97. The van der Waals surface area contributed by atoms with Crippen LogP contribution in [0.1, 0.15) is 185 Å².